The molecule has 0 fully saturated rings. The van der Waals surface area contributed by atoms with Crippen LogP contribution in [0.3, 0.4) is 0 Å². The first-order valence-corrected chi connectivity index (χ1v) is 28.7. The van der Waals surface area contributed by atoms with Crippen molar-refractivity contribution in [2.75, 3.05) is 0 Å². The first kappa shape index (κ1) is 59.8. The van der Waals surface area contributed by atoms with Crippen LogP contribution < -0.4 is 0 Å². The van der Waals surface area contributed by atoms with Gasteiger partial charge in [-0.2, -0.15) is 0 Å². The van der Waals surface area contributed by atoms with Crippen LogP contribution in [0.2, 0.25) is 0 Å². The van der Waals surface area contributed by atoms with Crippen molar-refractivity contribution >= 4 is 10.8 Å². The zero-order chi connectivity index (χ0) is 54.9. The highest BCUT2D eigenvalue weighted by molar-refractivity contribution is 6.07. The molecule has 4 aliphatic rings. The minimum absolute atomic E-state index is 0.199. The van der Waals surface area contributed by atoms with Crippen LogP contribution in [0, 0.1) is 27.7 Å². The molecular formula is C74H90. The summed E-state index contributed by atoms with van der Waals surface area (Å²) in [5, 5.41) is 2.71. The molecule has 0 aliphatic heterocycles. The second-order valence-corrected chi connectivity index (χ2v) is 17.0. The molecule has 0 bridgehead atoms. The molecule has 0 heteroatoms. The monoisotopic (exact) mass is 979 g/mol. The van der Waals surface area contributed by atoms with Gasteiger partial charge in [-0.25, -0.2) is 0 Å². The molecule has 386 valence electrons. The fourth-order valence-corrected chi connectivity index (χ4v) is 11.7. The number of hydrogen-bond donors (Lipinski definition) is 0. The Labute approximate surface area is 451 Å². The van der Waals surface area contributed by atoms with Crippen LogP contribution in [0.5, 0.6) is 0 Å². The van der Waals surface area contributed by atoms with E-state index in [4.69, 9.17) is 0 Å². The van der Waals surface area contributed by atoms with Crippen LogP contribution in [-0.4, -0.2) is 0 Å². The molecule has 9 aromatic carbocycles. The third kappa shape index (κ3) is 9.63. The van der Waals surface area contributed by atoms with Gasteiger partial charge < -0.3 is 0 Å². The Kier molecular flexibility index (Phi) is 22.2. The van der Waals surface area contributed by atoms with E-state index in [2.05, 4.69) is 210 Å². The Balaban J connectivity index is 0.000000254. The van der Waals surface area contributed by atoms with Gasteiger partial charge in [-0.15, -0.1) is 0 Å². The molecule has 0 heterocycles. The van der Waals surface area contributed by atoms with Gasteiger partial charge in [-0.05, 0) is 133 Å². The van der Waals surface area contributed by atoms with Gasteiger partial charge in [0.25, 0.3) is 0 Å². The van der Waals surface area contributed by atoms with Gasteiger partial charge in [0, 0.05) is 0 Å². The summed E-state index contributed by atoms with van der Waals surface area (Å²) >= 11 is 0. The van der Waals surface area contributed by atoms with Gasteiger partial charge in [0.15, 0.2) is 0 Å². The van der Waals surface area contributed by atoms with E-state index in [-0.39, 0.29) is 10.8 Å². The Bertz CT molecular complexity index is 3080. The number of aryl methyl sites for hydroxylation is 4. The molecule has 0 amide bonds. The maximum Gasteiger partial charge on any atom is 0.0725 e. The second kappa shape index (κ2) is 27.5. The zero-order valence-corrected chi connectivity index (χ0v) is 49.3. The lowest BCUT2D eigenvalue weighted by Crippen LogP contribution is -2.26. The predicted octanol–water partition coefficient (Wildman–Crippen LogP) is 22.7. The summed E-state index contributed by atoms with van der Waals surface area (Å²) in [4.78, 5) is 0. The first-order chi connectivity index (χ1) is 36.4. The molecule has 9 aromatic rings. The Morgan fingerprint density at radius 3 is 0.824 bits per heavy atom. The number of fused-ring (bicyclic) bond motifs is 22. The molecule has 13 rings (SSSR count). The molecular weight excluding hydrogens is 889 g/mol. The van der Waals surface area contributed by atoms with Crippen molar-refractivity contribution < 1.29 is 0 Å². The lowest BCUT2D eigenvalue weighted by atomic mass is 9.70. The van der Waals surface area contributed by atoms with E-state index in [1.54, 1.807) is 0 Å². The SMILES string of the molecule is CC.CC.CC.CC.CC.CC.CC.CC.Cc1ccc2c(c1)C1(c3ccccc3-c3ccccc31)c1cc(C)c3ccccc3c1-2.Cc1ccc2c(c1)C1(c3ccccc3-c3ccccc31)c1cc(C)ccc1-2. The fourth-order valence-electron chi connectivity index (χ4n) is 11.7. The molecule has 0 aromatic heterocycles. The predicted molar refractivity (Wildman–Crippen MR) is 333 cm³/mol. The van der Waals surface area contributed by atoms with Crippen molar-refractivity contribution in [2.45, 2.75) is 149 Å². The second-order valence-electron chi connectivity index (χ2n) is 17.0. The highest BCUT2D eigenvalue weighted by Gasteiger charge is 2.53. The molecule has 0 radical (unpaired) electrons. The van der Waals surface area contributed by atoms with E-state index in [1.807, 2.05) is 111 Å². The third-order valence-electron chi connectivity index (χ3n) is 13.9. The summed E-state index contributed by atoms with van der Waals surface area (Å²) in [7, 11) is 0. The average molecular weight is 980 g/mol. The molecule has 2 spiro atoms. The van der Waals surface area contributed by atoms with Gasteiger partial charge in [-0.1, -0.05) is 309 Å². The van der Waals surface area contributed by atoms with Gasteiger partial charge in [0.2, 0.25) is 0 Å². The quantitative estimate of drug-likeness (QED) is 0.142. The third-order valence-corrected chi connectivity index (χ3v) is 13.9. The number of hydrogen-bond acceptors (Lipinski definition) is 0. The molecule has 0 nitrogen and oxygen atoms in total. The van der Waals surface area contributed by atoms with Crippen molar-refractivity contribution in [3.63, 3.8) is 0 Å². The van der Waals surface area contributed by atoms with Gasteiger partial charge in [0.1, 0.15) is 0 Å². The summed E-state index contributed by atoms with van der Waals surface area (Å²) in [6, 6.07) is 68.3. The largest absolute Gasteiger partial charge is 0.0725 e. The van der Waals surface area contributed by atoms with Crippen LogP contribution in [0.4, 0.5) is 0 Å². The Hall–Kier alpha value is -6.76. The molecule has 0 atom stereocenters. The van der Waals surface area contributed by atoms with Crippen molar-refractivity contribution in [3.8, 4) is 44.5 Å². The van der Waals surface area contributed by atoms with Gasteiger partial charge in [-0.3, -0.25) is 0 Å². The minimum Gasteiger partial charge on any atom is -0.0683 e. The summed E-state index contributed by atoms with van der Waals surface area (Å²) in [5.41, 5.74) is 27.2. The van der Waals surface area contributed by atoms with E-state index >= 15 is 0 Å². The minimum atomic E-state index is -0.251. The standard InChI is InChI=1S/C31H22.C27H20.8C2H6/c1-19-15-16-25-28(17-19)31(29-18-20(2)21-9-3-4-12-24(21)30(25)29)26-13-7-5-10-22(26)23-11-6-8-14-27(23)31;1-17-11-13-21-22-14-12-18(2)16-26(22)27(25(21)15-17)23-9-5-3-7-19(23)20-8-4-6-10-24(20)27;8*1-2/h3-18H,1-2H3;3-16H,1-2H3;8*1-2H3. The summed E-state index contributed by atoms with van der Waals surface area (Å²) in [6.45, 7) is 40.9. The van der Waals surface area contributed by atoms with Crippen LogP contribution in [0.15, 0.2) is 182 Å². The van der Waals surface area contributed by atoms with Gasteiger partial charge >= 0.3 is 0 Å². The van der Waals surface area contributed by atoms with E-state index in [1.165, 1.54) is 122 Å². The highest BCUT2D eigenvalue weighted by atomic mass is 14.5. The lowest BCUT2D eigenvalue weighted by molar-refractivity contribution is 0.791. The maximum atomic E-state index is 2.46. The lowest BCUT2D eigenvalue weighted by Gasteiger charge is -2.31. The highest BCUT2D eigenvalue weighted by Crippen LogP contribution is 2.65. The van der Waals surface area contributed by atoms with Crippen molar-refractivity contribution in [3.05, 3.63) is 249 Å². The summed E-state index contributed by atoms with van der Waals surface area (Å²) in [5.74, 6) is 0. The van der Waals surface area contributed by atoms with E-state index < -0.39 is 0 Å². The Morgan fingerprint density at radius 1 is 0.216 bits per heavy atom. The van der Waals surface area contributed by atoms with Crippen LogP contribution >= 0.6 is 0 Å². The van der Waals surface area contributed by atoms with Crippen LogP contribution in [-0.2, 0) is 10.8 Å². The fraction of sp³-hybridized carbons (Fsp3) is 0.297. The topological polar surface area (TPSA) is 0 Å². The summed E-state index contributed by atoms with van der Waals surface area (Å²) < 4.78 is 0. The number of benzene rings is 9. The van der Waals surface area contributed by atoms with Crippen molar-refractivity contribution in [1.82, 2.24) is 0 Å². The van der Waals surface area contributed by atoms with Crippen LogP contribution in [0.25, 0.3) is 55.3 Å². The average Bonchev–Trinajstić information content (AvgIpc) is 4.16. The van der Waals surface area contributed by atoms with E-state index in [0.717, 1.165) is 0 Å². The summed E-state index contributed by atoms with van der Waals surface area (Å²) in [6.07, 6.45) is 0. The molecule has 0 saturated carbocycles. The molecule has 0 unspecified atom stereocenters. The van der Waals surface area contributed by atoms with Crippen molar-refractivity contribution in [2.24, 2.45) is 0 Å². The Morgan fingerprint density at radius 2 is 0.473 bits per heavy atom. The smallest absolute Gasteiger partial charge is 0.0683 e. The molecule has 0 N–H and O–H groups in total. The number of rotatable bonds is 0. The van der Waals surface area contributed by atoms with Crippen LogP contribution in [0.1, 0.15) is 178 Å². The molecule has 0 saturated heterocycles. The van der Waals surface area contributed by atoms with Crippen molar-refractivity contribution in [1.29, 1.82) is 0 Å². The van der Waals surface area contributed by atoms with Gasteiger partial charge in [0.05, 0.1) is 10.8 Å². The van der Waals surface area contributed by atoms with E-state index in [0.29, 0.717) is 0 Å². The normalized spacial score (nSPS) is 12.0. The zero-order valence-electron chi connectivity index (χ0n) is 49.3. The first-order valence-electron chi connectivity index (χ1n) is 28.7. The molecule has 74 heavy (non-hydrogen) atoms. The molecule has 4 aliphatic carbocycles. The van der Waals surface area contributed by atoms with E-state index in [9.17, 15) is 0 Å². The maximum absolute atomic E-state index is 2.46.